The van der Waals surface area contributed by atoms with E-state index in [1.165, 1.54) is 0 Å². The second-order valence-electron chi connectivity index (χ2n) is 5.47. The van der Waals surface area contributed by atoms with Gasteiger partial charge in [-0.25, -0.2) is 4.98 Å². The predicted octanol–water partition coefficient (Wildman–Crippen LogP) is 2.82. The fourth-order valence-corrected chi connectivity index (χ4v) is 3.02. The SMILES string of the molecule is CCN(C(C)CC(=O)O)C(C)c1nc2ccccc2n1C. The van der Waals surface area contributed by atoms with Crippen LogP contribution >= 0.6 is 0 Å². The quantitative estimate of drug-likeness (QED) is 0.888. The number of carbonyl (C=O) groups is 1. The molecule has 0 saturated carbocycles. The minimum Gasteiger partial charge on any atom is -0.481 e. The van der Waals surface area contributed by atoms with Crippen molar-refractivity contribution in [3.8, 4) is 0 Å². The molecule has 114 valence electrons. The van der Waals surface area contributed by atoms with Crippen molar-refractivity contribution in [1.82, 2.24) is 14.5 Å². The standard InChI is InChI=1S/C16H23N3O2/c1-5-19(11(2)10-15(20)21)12(3)16-17-13-8-6-7-9-14(13)18(16)4/h6-9,11-12H,5,10H2,1-4H3,(H,20,21). The van der Waals surface area contributed by atoms with Crippen molar-refractivity contribution >= 4 is 17.0 Å². The Morgan fingerprint density at radius 3 is 2.62 bits per heavy atom. The Labute approximate surface area is 125 Å². The smallest absolute Gasteiger partial charge is 0.304 e. The van der Waals surface area contributed by atoms with E-state index in [0.29, 0.717) is 0 Å². The van der Waals surface area contributed by atoms with Crippen LogP contribution in [0.4, 0.5) is 0 Å². The summed E-state index contributed by atoms with van der Waals surface area (Å²) in [5.41, 5.74) is 2.07. The fourth-order valence-electron chi connectivity index (χ4n) is 3.02. The first kappa shape index (κ1) is 15.5. The molecular weight excluding hydrogens is 266 g/mol. The Balaban J connectivity index is 2.33. The zero-order chi connectivity index (χ0) is 15.6. The van der Waals surface area contributed by atoms with Gasteiger partial charge in [-0.1, -0.05) is 19.1 Å². The molecule has 0 amide bonds. The molecule has 1 heterocycles. The minimum absolute atomic E-state index is 0.0256. The highest BCUT2D eigenvalue weighted by molar-refractivity contribution is 5.75. The van der Waals surface area contributed by atoms with Gasteiger partial charge in [0.2, 0.25) is 0 Å². The van der Waals surface area contributed by atoms with Crippen LogP contribution in [-0.4, -0.2) is 38.1 Å². The third-order valence-electron chi connectivity index (χ3n) is 4.09. The maximum absolute atomic E-state index is 10.9. The first-order valence-corrected chi connectivity index (χ1v) is 7.34. The number of hydrogen-bond acceptors (Lipinski definition) is 3. The lowest BCUT2D eigenvalue weighted by molar-refractivity contribution is -0.138. The summed E-state index contributed by atoms with van der Waals surface area (Å²) in [6.45, 7) is 6.89. The molecule has 1 aromatic carbocycles. The van der Waals surface area contributed by atoms with Crippen molar-refractivity contribution < 1.29 is 9.90 Å². The van der Waals surface area contributed by atoms with E-state index in [9.17, 15) is 4.79 Å². The number of carboxylic acid groups (broad SMARTS) is 1. The number of rotatable bonds is 6. The highest BCUT2D eigenvalue weighted by atomic mass is 16.4. The molecule has 2 rings (SSSR count). The van der Waals surface area contributed by atoms with Gasteiger partial charge in [0.25, 0.3) is 0 Å². The molecule has 2 unspecified atom stereocenters. The molecule has 5 nitrogen and oxygen atoms in total. The molecule has 1 N–H and O–H groups in total. The van der Waals surface area contributed by atoms with Gasteiger partial charge in [0.15, 0.2) is 0 Å². The van der Waals surface area contributed by atoms with Crippen molar-refractivity contribution in [1.29, 1.82) is 0 Å². The Morgan fingerprint density at radius 1 is 1.38 bits per heavy atom. The van der Waals surface area contributed by atoms with E-state index in [1.807, 2.05) is 32.2 Å². The Hall–Kier alpha value is -1.88. The summed E-state index contributed by atoms with van der Waals surface area (Å²) >= 11 is 0. The van der Waals surface area contributed by atoms with Gasteiger partial charge in [-0.05, 0) is 32.5 Å². The first-order chi connectivity index (χ1) is 9.95. The van der Waals surface area contributed by atoms with Gasteiger partial charge in [-0.2, -0.15) is 0 Å². The Bertz CT molecular complexity index is 635. The van der Waals surface area contributed by atoms with E-state index in [4.69, 9.17) is 10.1 Å². The van der Waals surface area contributed by atoms with E-state index in [0.717, 1.165) is 23.4 Å². The maximum Gasteiger partial charge on any atom is 0.304 e. The molecule has 0 saturated heterocycles. The Kier molecular flexibility index (Phi) is 4.63. The molecule has 5 heteroatoms. The molecule has 1 aromatic heterocycles. The molecule has 21 heavy (non-hydrogen) atoms. The van der Waals surface area contributed by atoms with Gasteiger partial charge in [0.1, 0.15) is 5.82 Å². The fraction of sp³-hybridized carbons (Fsp3) is 0.500. The number of aliphatic carboxylic acids is 1. The van der Waals surface area contributed by atoms with Crippen LogP contribution in [0, 0.1) is 0 Å². The van der Waals surface area contributed by atoms with E-state index in [-0.39, 0.29) is 18.5 Å². The molecule has 0 aliphatic carbocycles. The molecule has 0 aliphatic rings. The number of carboxylic acids is 1. The molecule has 0 aliphatic heterocycles. The lowest BCUT2D eigenvalue weighted by atomic mass is 10.1. The lowest BCUT2D eigenvalue weighted by Crippen LogP contribution is -2.37. The van der Waals surface area contributed by atoms with E-state index < -0.39 is 5.97 Å². The number of fused-ring (bicyclic) bond motifs is 1. The topological polar surface area (TPSA) is 58.4 Å². The van der Waals surface area contributed by atoms with Crippen LogP contribution in [0.3, 0.4) is 0 Å². The number of aryl methyl sites for hydroxylation is 1. The maximum atomic E-state index is 10.9. The molecule has 0 fully saturated rings. The minimum atomic E-state index is -0.766. The third-order valence-corrected chi connectivity index (χ3v) is 4.09. The largest absolute Gasteiger partial charge is 0.481 e. The average Bonchev–Trinajstić information content (AvgIpc) is 2.76. The Morgan fingerprint density at radius 2 is 2.05 bits per heavy atom. The highest BCUT2D eigenvalue weighted by Gasteiger charge is 2.25. The molecule has 0 radical (unpaired) electrons. The third kappa shape index (κ3) is 3.08. The zero-order valence-corrected chi connectivity index (χ0v) is 13.1. The normalized spacial score (nSPS) is 14.5. The van der Waals surface area contributed by atoms with Crippen LogP contribution in [0.1, 0.15) is 39.1 Å². The lowest BCUT2D eigenvalue weighted by Gasteiger charge is -2.32. The van der Waals surface area contributed by atoms with Gasteiger partial charge in [-0.3, -0.25) is 9.69 Å². The second-order valence-corrected chi connectivity index (χ2v) is 5.47. The van der Waals surface area contributed by atoms with Crippen LogP contribution < -0.4 is 0 Å². The summed E-state index contributed by atoms with van der Waals surface area (Å²) in [5.74, 6) is 0.202. The van der Waals surface area contributed by atoms with Gasteiger partial charge >= 0.3 is 5.97 Å². The van der Waals surface area contributed by atoms with E-state index >= 15 is 0 Å². The number of hydrogen-bond donors (Lipinski definition) is 1. The number of aromatic nitrogens is 2. The van der Waals surface area contributed by atoms with Crippen LogP contribution in [-0.2, 0) is 11.8 Å². The van der Waals surface area contributed by atoms with Crippen molar-refractivity contribution in [2.75, 3.05) is 6.54 Å². The average molecular weight is 289 g/mol. The number of imidazole rings is 1. The number of nitrogens with zero attached hydrogens (tertiary/aromatic N) is 3. The molecule has 2 atom stereocenters. The van der Waals surface area contributed by atoms with Crippen molar-refractivity contribution in [3.05, 3.63) is 30.1 Å². The van der Waals surface area contributed by atoms with Gasteiger partial charge < -0.3 is 9.67 Å². The summed E-state index contributed by atoms with van der Waals surface area (Å²) in [6, 6.07) is 8.08. The second kappa shape index (κ2) is 6.26. The van der Waals surface area contributed by atoms with Crippen molar-refractivity contribution in [3.63, 3.8) is 0 Å². The predicted molar refractivity (Wildman–Crippen MR) is 83.2 cm³/mol. The molecular formula is C16H23N3O2. The van der Waals surface area contributed by atoms with Crippen LogP contribution in [0.15, 0.2) is 24.3 Å². The summed E-state index contributed by atoms with van der Waals surface area (Å²) < 4.78 is 2.09. The summed E-state index contributed by atoms with van der Waals surface area (Å²) in [4.78, 5) is 17.8. The molecule has 0 bridgehead atoms. The van der Waals surface area contributed by atoms with E-state index in [1.54, 1.807) is 0 Å². The van der Waals surface area contributed by atoms with E-state index in [2.05, 4.69) is 29.4 Å². The summed E-state index contributed by atoms with van der Waals surface area (Å²) in [5, 5.41) is 9.00. The monoisotopic (exact) mass is 289 g/mol. The van der Waals surface area contributed by atoms with Gasteiger partial charge in [0, 0.05) is 13.1 Å². The summed E-state index contributed by atoms with van der Waals surface area (Å²) in [7, 11) is 2.01. The van der Waals surface area contributed by atoms with Gasteiger partial charge in [-0.15, -0.1) is 0 Å². The zero-order valence-electron chi connectivity index (χ0n) is 13.1. The van der Waals surface area contributed by atoms with Gasteiger partial charge in [0.05, 0.1) is 23.5 Å². The molecule has 0 spiro atoms. The van der Waals surface area contributed by atoms with Crippen LogP contribution in [0.25, 0.3) is 11.0 Å². The number of para-hydroxylation sites is 2. The van der Waals surface area contributed by atoms with Crippen LogP contribution in [0.5, 0.6) is 0 Å². The molecule has 2 aromatic rings. The summed E-state index contributed by atoms with van der Waals surface area (Å²) in [6.07, 6.45) is 0.141. The first-order valence-electron chi connectivity index (χ1n) is 7.34. The van der Waals surface area contributed by atoms with Crippen molar-refractivity contribution in [2.24, 2.45) is 7.05 Å². The van der Waals surface area contributed by atoms with Crippen LogP contribution in [0.2, 0.25) is 0 Å². The highest BCUT2D eigenvalue weighted by Crippen LogP contribution is 2.25. The van der Waals surface area contributed by atoms with Crippen molar-refractivity contribution in [2.45, 2.75) is 39.3 Å². The number of benzene rings is 1.